The maximum absolute atomic E-state index is 11.4. The van der Waals surface area contributed by atoms with Gasteiger partial charge in [-0.15, -0.1) is 0 Å². The molecular formula is C29H41ClN2O3S. The predicted molar refractivity (Wildman–Crippen MR) is 153 cm³/mol. The Bertz CT molecular complexity index is 1040. The zero-order chi connectivity index (χ0) is 26.1. The van der Waals surface area contributed by atoms with Crippen LogP contribution in [0.5, 0.6) is 5.75 Å². The van der Waals surface area contributed by atoms with Crippen LogP contribution in [0.25, 0.3) is 0 Å². The molecule has 5 nitrogen and oxygen atoms in total. The largest absolute Gasteiger partial charge is 0.491 e. The van der Waals surface area contributed by atoms with Gasteiger partial charge in [-0.1, -0.05) is 49.2 Å². The van der Waals surface area contributed by atoms with Crippen LogP contribution in [0.2, 0.25) is 5.02 Å². The summed E-state index contributed by atoms with van der Waals surface area (Å²) in [6.07, 6.45) is 10.6. The third-order valence-corrected chi connectivity index (χ3v) is 8.03. The number of anilines is 1. The van der Waals surface area contributed by atoms with E-state index >= 15 is 0 Å². The molecule has 7 heteroatoms. The Kier molecular flexibility index (Phi) is 11.3. The summed E-state index contributed by atoms with van der Waals surface area (Å²) in [6, 6.07) is 12.3. The van der Waals surface area contributed by atoms with Gasteiger partial charge < -0.3 is 14.7 Å². The van der Waals surface area contributed by atoms with Crippen LogP contribution in [0.3, 0.4) is 0 Å². The first-order chi connectivity index (χ1) is 17.3. The Hall–Kier alpha value is -1.86. The summed E-state index contributed by atoms with van der Waals surface area (Å²) in [6.45, 7) is 7.09. The fourth-order valence-corrected chi connectivity index (χ4v) is 5.13. The molecule has 1 aliphatic rings. The van der Waals surface area contributed by atoms with Gasteiger partial charge in [0.25, 0.3) is 0 Å². The van der Waals surface area contributed by atoms with Crippen LogP contribution >= 0.6 is 11.6 Å². The van der Waals surface area contributed by atoms with Crippen LogP contribution in [0.15, 0.2) is 48.6 Å². The molecule has 1 heterocycles. The molecule has 0 saturated heterocycles. The molecule has 2 aromatic rings. The van der Waals surface area contributed by atoms with E-state index < -0.39 is 17.1 Å². The van der Waals surface area contributed by atoms with Gasteiger partial charge in [0.05, 0.1) is 29.4 Å². The van der Waals surface area contributed by atoms with Gasteiger partial charge in [-0.25, -0.2) is 8.51 Å². The number of ether oxygens (including phenoxy) is 1. The van der Waals surface area contributed by atoms with Crippen molar-refractivity contribution in [2.75, 3.05) is 44.4 Å². The lowest BCUT2D eigenvalue weighted by atomic mass is 9.92. The number of rotatable bonds is 12. The van der Waals surface area contributed by atoms with Gasteiger partial charge in [0, 0.05) is 43.9 Å². The third kappa shape index (κ3) is 8.07. The Labute approximate surface area is 224 Å². The average molecular weight is 533 g/mol. The van der Waals surface area contributed by atoms with Crippen molar-refractivity contribution >= 4 is 28.3 Å². The fourth-order valence-electron chi connectivity index (χ4n) is 4.64. The first-order valence-corrected chi connectivity index (χ1v) is 14.9. The Morgan fingerprint density at radius 2 is 2.06 bits per heavy atom. The third-order valence-electron chi connectivity index (χ3n) is 6.77. The fraction of sp³-hybridized carbons (Fsp3) is 0.517. The number of aliphatic hydroxyl groups is 1. The number of fused-ring (bicyclic) bond motifs is 1. The highest BCUT2D eigenvalue weighted by atomic mass is 35.5. The number of likely N-dealkylation sites (N-methyl/N-ethyl adjacent to an activating group) is 1. The van der Waals surface area contributed by atoms with E-state index in [2.05, 4.69) is 42.2 Å². The molecule has 0 saturated carbocycles. The summed E-state index contributed by atoms with van der Waals surface area (Å²) in [5.74, 6) is 1.11. The molecular weight excluding hydrogens is 492 g/mol. The molecule has 3 unspecified atom stereocenters. The first-order valence-electron chi connectivity index (χ1n) is 13.0. The topological polar surface area (TPSA) is 53.0 Å². The van der Waals surface area contributed by atoms with Crippen LogP contribution in [0.1, 0.15) is 68.2 Å². The molecule has 1 N–H and O–H groups in total. The van der Waals surface area contributed by atoms with Crippen molar-refractivity contribution in [2.45, 2.75) is 58.0 Å². The van der Waals surface area contributed by atoms with Crippen molar-refractivity contribution in [1.29, 1.82) is 0 Å². The van der Waals surface area contributed by atoms with E-state index in [-0.39, 0.29) is 5.92 Å². The van der Waals surface area contributed by atoms with Crippen LogP contribution in [-0.4, -0.2) is 53.2 Å². The Morgan fingerprint density at radius 1 is 1.25 bits per heavy atom. The highest BCUT2D eigenvalue weighted by Crippen LogP contribution is 2.38. The normalized spacial score (nSPS) is 17.6. The predicted octanol–water partition coefficient (Wildman–Crippen LogP) is 6.28. The van der Waals surface area contributed by atoms with E-state index in [1.807, 2.05) is 29.6 Å². The maximum Gasteiger partial charge on any atom is 0.142 e. The second-order valence-electron chi connectivity index (χ2n) is 9.65. The molecule has 0 bridgehead atoms. The molecule has 3 atom stereocenters. The lowest BCUT2D eigenvalue weighted by Crippen LogP contribution is -2.30. The smallest absolute Gasteiger partial charge is 0.142 e. The van der Waals surface area contributed by atoms with Crippen LogP contribution in [0, 0.1) is 0 Å². The molecule has 0 aromatic heterocycles. The molecule has 0 aliphatic carbocycles. The van der Waals surface area contributed by atoms with Crippen molar-refractivity contribution < 1.29 is 14.1 Å². The second-order valence-corrected chi connectivity index (χ2v) is 11.6. The molecule has 36 heavy (non-hydrogen) atoms. The van der Waals surface area contributed by atoms with Crippen molar-refractivity contribution in [3.05, 3.63) is 70.3 Å². The summed E-state index contributed by atoms with van der Waals surface area (Å²) in [5, 5.41) is 11.0. The quantitative estimate of drug-likeness (QED) is 0.258. The van der Waals surface area contributed by atoms with Crippen LogP contribution < -0.4 is 9.64 Å². The minimum absolute atomic E-state index is 0.233. The SMILES string of the molecule is CCCc1cc(Cl)ccc1C1COc2ccc(C(C)O)cc2N(CCCC/C=C/CN(C)S(C)=O)C1. The molecule has 0 fully saturated rings. The zero-order valence-electron chi connectivity index (χ0n) is 22.1. The van der Waals surface area contributed by atoms with Gasteiger partial charge in [0.2, 0.25) is 0 Å². The first kappa shape index (κ1) is 28.7. The average Bonchev–Trinajstić information content (AvgIpc) is 3.02. The lowest BCUT2D eigenvalue weighted by molar-refractivity contribution is 0.199. The van der Waals surface area contributed by atoms with Gasteiger partial charge in [-0.05, 0) is 73.6 Å². The lowest BCUT2D eigenvalue weighted by Gasteiger charge is -2.28. The highest BCUT2D eigenvalue weighted by molar-refractivity contribution is 7.81. The summed E-state index contributed by atoms with van der Waals surface area (Å²) in [7, 11) is 0.929. The van der Waals surface area contributed by atoms with Crippen LogP contribution in [-0.2, 0) is 17.4 Å². The Morgan fingerprint density at radius 3 is 2.78 bits per heavy atom. The summed E-state index contributed by atoms with van der Waals surface area (Å²) in [5.41, 5.74) is 4.58. The summed E-state index contributed by atoms with van der Waals surface area (Å²) < 4.78 is 19.6. The van der Waals surface area contributed by atoms with Gasteiger partial charge in [0.1, 0.15) is 5.75 Å². The number of unbranched alkanes of at least 4 members (excludes halogenated alkanes) is 2. The number of benzene rings is 2. The molecule has 2 aromatic carbocycles. The van der Waals surface area contributed by atoms with E-state index in [0.717, 1.165) is 67.2 Å². The monoisotopic (exact) mass is 532 g/mol. The number of hydrogen-bond donors (Lipinski definition) is 1. The molecule has 1 aliphatic heterocycles. The van der Waals surface area contributed by atoms with Crippen molar-refractivity contribution in [3.63, 3.8) is 0 Å². The Balaban J connectivity index is 1.75. The number of allylic oxidation sites excluding steroid dienone is 1. The van der Waals surface area contributed by atoms with Crippen LogP contribution in [0.4, 0.5) is 5.69 Å². The molecule has 0 spiro atoms. The van der Waals surface area contributed by atoms with Crippen molar-refractivity contribution in [1.82, 2.24) is 4.31 Å². The van der Waals surface area contributed by atoms with E-state index in [1.54, 1.807) is 13.2 Å². The summed E-state index contributed by atoms with van der Waals surface area (Å²) >= 11 is 6.34. The standard InChI is InChI=1S/C29H41ClN2O3S/c1-5-11-24-18-26(30)13-14-27(24)25-20-32(17-10-8-6-7-9-16-31(3)36(4)34)28-19-23(22(2)33)12-15-29(28)35-21-25/h7,9,12-15,18-19,22,25,33H,5-6,8,10-11,16-17,20-21H2,1-4H3/b9-7+. The minimum Gasteiger partial charge on any atom is -0.491 e. The summed E-state index contributed by atoms with van der Waals surface area (Å²) in [4.78, 5) is 2.43. The van der Waals surface area contributed by atoms with Crippen molar-refractivity contribution in [3.8, 4) is 5.75 Å². The minimum atomic E-state index is -0.936. The second kappa shape index (κ2) is 14.2. The van der Waals surface area contributed by atoms with E-state index in [9.17, 15) is 9.32 Å². The van der Waals surface area contributed by atoms with Gasteiger partial charge >= 0.3 is 0 Å². The maximum atomic E-state index is 11.4. The van der Waals surface area contributed by atoms with Gasteiger partial charge in [-0.2, -0.15) is 0 Å². The van der Waals surface area contributed by atoms with E-state index in [4.69, 9.17) is 16.3 Å². The number of aryl methyl sites for hydroxylation is 1. The molecule has 198 valence electrons. The van der Waals surface area contributed by atoms with E-state index in [0.29, 0.717) is 13.2 Å². The van der Waals surface area contributed by atoms with E-state index in [1.165, 1.54) is 11.1 Å². The molecule has 0 amide bonds. The number of halogens is 1. The van der Waals surface area contributed by atoms with Gasteiger partial charge in [-0.3, -0.25) is 0 Å². The number of nitrogens with zero attached hydrogens (tertiary/aromatic N) is 2. The highest BCUT2D eigenvalue weighted by Gasteiger charge is 2.26. The molecule has 0 radical (unpaired) electrons. The van der Waals surface area contributed by atoms with Gasteiger partial charge in [0.15, 0.2) is 0 Å². The zero-order valence-corrected chi connectivity index (χ0v) is 23.7. The molecule has 3 rings (SSSR count). The van der Waals surface area contributed by atoms with Crippen molar-refractivity contribution in [2.24, 2.45) is 0 Å². The number of aliphatic hydroxyl groups excluding tert-OH is 1. The number of hydrogen-bond acceptors (Lipinski definition) is 4.